The first-order chi connectivity index (χ1) is 6.63. The van der Waals surface area contributed by atoms with Gasteiger partial charge in [0.25, 0.3) is 0 Å². The summed E-state index contributed by atoms with van der Waals surface area (Å²) >= 11 is 0. The lowest BCUT2D eigenvalue weighted by Gasteiger charge is -2.13. The maximum absolute atomic E-state index is 5.71. The van der Waals surface area contributed by atoms with Crippen LogP contribution in [-0.2, 0) is 7.05 Å². The Hall–Kier alpha value is -1.03. The van der Waals surface area contributed by atoms with Gasteiger partial charge in [0.2, 0.25) is 5.88 Å². The van der Waals surface area contributed by atoms with Crippen LogP contribution in [0.1, 0.15) is 25.5 Å². The van der Waals surface area contributed by atoms with E-state index in [1.54, 1.807) is 4.68 Å². The van der Waals surface area contributed by atoms with Crippen LogP contribution in [-0.4, -0.2) is 22.4 Å². The summed E-state index contributed by atoms with van der Waals surface area (Å²) in [6.45, 7) is 4.73. The van der Waals surface area contributed by atoms with Gasteiger partial charge in [0, 0.05) is 13.1 Å². The number of nitrogens with two attached hydrogens (primary N) is 1. The van der Waals surface area contributed by atoms with Crippen molar-refractivity contribution in [3.05, 3.63) is 11.8 Å². The van der Waals surface area contributed by atoms with Gasteiger partial charge >= 0.3 is 0 Å². The molecule has 4 nitrogen and oxygen atoms in total. The molecule has 0 aliphatic rings. The highest BCUT2D eigenvalue weighted by molar-refractivity contribution is 5.14. The molecule has 80 valence electrons. The molecule has 0 amide bonds. The summed E-state index contributed by atoms with van der Waals surface area (Å²) in [5.74, 6) is 0.826. The van der Waals surface area contributed by atoms with Crippen LogP contribution in [0.3, 0.4) is 0 Å². The summed E-state index contributed by atoms with van der Waals surface area (Å²) in [6, 6.07) is 1.94. The zero-order valence-electron chi connectivity index (χ0n) is 9.16. The Morgan fingerprint density at radius 2 is 2.36 bits per heavy atom. The van der Waals surface area contributed by atoms with Gasteiger partial charge in [-0.05, 0) is 33.2 Å². The summed E-state index contributed by atoms with van der Waals surface area (Å²) in [5.41, 5.74) is 6.41. The Morgan fingerprint density at radius 3 is 2.86 bits per heavy atom. The minimum absolute atomic E-state index is 0.202. The second-order valence-electron chi connectivity index (χ2n) is 3.61. The molecule has 1 aromatic rings. The molecule has 14 heavy (non-hydrogen) atoms. The van der Waals surface area contributed by atoms with E-state index in [2.05, 4.69) is 12.0 Å². The summed E-state index contributed by atoms with van der Waals surface area (Å²) in [6.07, 6.45) is 2.19. The summed E-state index contributed by atoms with van der Waals surface area (Å²) < 4.78 is 7.47. The zero-order chi connectivity index (χ0) is 10.6. The Labute approximate surface area is 85.0 Å². The van der Waals surface area contributed by atoms with Crippen molar-refractivity contribution in [2.75, 3.05) is 6.54 Å². The predicted molar refractivity (Wildman–Crippen MR) is 56.3 cm³/mol. The lowest BCUT2D eigenvalue weighted by atomic mass is 10.2. The molecule has 0 bridgehead atoms. The second kappa shape index (κ2) is 5.00. The minimum Gasteiger partial charge on any atom is -0.475 e. The molecule has 1 aromatic heterocycles. The molecule has 1 rings (SSSR count). The first-order valence-electron chi connectivity index (χ1n) is 5.01. The van der Waals surface area contributed by atoms with Crippen LogP contribution in [0.4, 0.5) is 0 Å². The first-order valence-corrected chi connectivity index (χ1v) is 5.01. The molecule has 0 aromatic carbocycles. The van der Waals surface area contributed by atoms with Gasteiger partial charge in [-0.1, -0.05) is 0 Å². The number of nitrogens with zero attached hydrogens (tertiary/aromatic N) is 2. The van der Waals surface area contributed by atoms with Crippen LogP contribution in [0, 0.1) is 6.92 Å². The molecule has 1 unspecified atom stereocenters. The largest absolute Gasteiger partial charge is 0.475 e. The van der Waals surface area contributed by atoms with Crippen molar-refractivity contribution in [1.82, 2.24) is 9.78 Å². The molecular weight excluding hydrogens is 178 g/mol. The normalized spacial score (nSPS) is 12.9. The fraction of sp³-hybridized carbons (Fsp3) is 0.700. The second-order valence-corrected chi connectivity index (χ2v) is 3.61. The summed E-state index contributed by atoms with van der Waals surface area (Å²) in [7, 11) is 1.89. The highest BCUT2D eigenvalue weighted by Crippen LogP contribution is 2.14. The van der Waals surface area contributed by atoms with Crippen LogP contribution >= 0.6 is 0 Å². The van der Waals surface area contributed by atoms with E-state index < -0.39 is 0 Å². The molecule has 0 saturated heterocycles. The van der Waals surface area contributed by atoms with E-state index in [9.17, 15) is 0 Å². The van der Waals surface area contributed by atoms with Gasteiger partial charge in [-0.2, -0.15) is 5.10 Å². The number of ether oxygens (including phenoxy) is 1. The third-order valence-corrected chi connectivity index (χ3v) is 2.10. The van der Waals surface area contributed by atoms with Crippen molar-refractivity contribution >= 4 is 0 Å². The molecule has 2 N–H and O–H groups in total. The first kappa shape index (κ1) is 11.0. The van der Waals surface area contributed by atoms with E-state index in [1.807, 2.05) is 20.0 Å². The van der Waals surface area contributed by atoms with Gasteiger partial charge < -0.3 is 10.5 Å². The van der Waals surface area contributed by atoms with Crippen LogP contribution in [0.25, 0.3) is 0 Å². The monoisotopic (exact) mass is 197 g/mol. The van der Waals surface area contributed by atoms with E-state index in [0.29, 0.717) is 0 Å². The lowest BCUT2D eigenvalue weighted by Crippen LogP contribution is -2.15. The smallest absolute Gasteiger partial charge is 0.211 e. The average Bonchev–Trinajstić information content (AvgIpc) is 2.42. The van der Waals surface area contributed by atoms with E-state index in [0.717, 1.165) is 31.0 Å². The lowest BCUT2D eigenvalue weighted by molar-refractivity contribution is 0.191. The SMILES string of the molecule is Cc1cc(OC(C)CCCN)n(C)n1. The van der Waals surface area contributed by atoms with Gasteiger partial charge in [0.1, 0.15) is 0 Å². The van der Waals surface area contributed by atoms with Crippen molar-refractivity contribution in [3.63, 3.8) is 0 Å². The molecule has 4 heteroatoms. The molecule has 0 aliphatic carbocycles. The van der Waals surface area contributed by atoms with Gasteiger partial charge in [-0.15, -0.1) is 0 Å². The van der Waals surface area contributed by atoms with Gasteiger partial charge in [0.05, 0.1) is 11.8 Å². The van der Waals surface area contributed by atoms with E-state index in [-0.39, 0.29) is 6.10 Å². The number of hydrogen-bond acceptors (Lipinski definition) is 3. The third-order valence-electron chi connectivity index (χ3n) is 2.10. The maximum Gasteiger partial charge on any atom is 0.211 e. The Bertz CT molecular complexity index is 283. The minimum atomic E-state index is 0.202. The van der Waals surface area contributed by atoms with Crippen LogP contribution in [0.15, 0.2) is 6.07 Å². The number of hydrogen-bond donors (Lipinski definition) is 1. The molecule has 0 radical (unpaired) electrons. The maximum atomic E-state index is 5.71. The summed E-state index contributed by atoms with van der Waals surface area (Å²) in [4.78, 5) is 0. The van der Waals surface area contributed by atoms with Gasteiger partial charge in [-0.25, -0.2) is 4.68 Å². The van der Waals surface area contributed by atoms with Crippen LogP contribution in [0.2, 0.25) is 0 Å². The standard InChI is InChI=1S/C10H19N3O/c1-8-7-10(13(3)12-8)14-9(2)5-4-6-11/h7,9H,4-6,11H2,1-3H3. The van der Waals surface area contributed by atoms with Gasteiger partial charge in [-0.3, -0.25) is 0 Å². The van der Waals surface area contributed by atoms with Crippen molar-refractivity contribution < 1.29 is 4.74 Å². The van der Waals surface area contributed by atoms with E-state index in [1.165, 1.54) is 0 Å². The topological polar surface area (TPSA) is 53.1 Å². The Kier molecular flexibility index (Phi) is 3.95. The predicted octanol–water partition coefficient (Wildman–Crippen LogP) is 1.23. The average molecular weight is 197 g/mol. The fourth-order valence-electron chi connectivity index (χ4n) is 1.37. The Morgan fingerprint density at radius 1 is 1.64 bits per heavy atom. The quantitative estimate of drug-likeness (QED) is 0.772. The molecule has 1 atom stereocenters. The van der Waals surface area contributed by atoms with Crippen LogP contribution in [0.5, 0.6) is 5.88 Å². The molecule has 1 heterocycles. The van der Waals surface area contributed by atoms with Crippen LogP contribution < -0.4 is 10.5 Å². The molecule has 0 aliphatic heterocycles. The van der Waals surface area contributed by atoms with E-state index >= 15 is 0 Å². The number of aromatic nitrogens is 2. The van der Waals surface area contributed by atoms with E-state index in [4.69, 9.17) is 10.5 Å². The summed E-state index contributed by atoms with van der Waals surface area (Å²) in [5, 5.41) is 4.21. The molecular formula is C10H19N3O. The Balaban J connectivity index is 2.47. The number of rotatable bonds is 5. The highest BCUT2D eigenvalue weighted by atomic mass is 16.5. The van der Waals surface area contributed by atoms with Gasteiger partial charge in [0.15, 0.2) is 0 Å². The van der Waals surface area contributed by atoms with Crippen molar-refractivity contribution in [1.29, 1.82) is 0 Å². The van der Waals surface area contributed by atoms with Crippen molar-refractivity contribution in [3.8, 4) is 5.88 Å². The fourth-order valence-corrected chi connectivity index (χ4v) is 1.37. The zero-order valence-corrected chi connectivity index (χ0v) is 9.16. The third kappa shape index (κ3) is 3.03. The molecule has 0 saturated carbocycles. The number of aryl methyl sites for hydroxylation is 2. The van der Waals surface area contributed by atoms with Crippen molar-refractivity contribution in [2.24, 2.45) is 12.8 Å². The molecule has 0 spiro atoms. The highest BCUT2D eigenvalue weighted by Gasteiger charge is 2.07. The molecule has 0 fully saturated rings. The van der Waals surface area contributed by atoms with Crippen molar-refractivity contribution in [2.45, 2.75) is 32.8 Å².